The minimum absolute atomic E-state index is 0.0203. The fourth-order valence-corrected chi connectivity index (χ4v) is 2.83. The number of hydrogen-bond donors (Lipinski definition) is 1. The first-order valence-corrected chi connectivity index (χ1v) is 7.81. The normalized spacial score (nSPS) is 22.4. The topological polar surface area (TPSA) is 64.8 Å². The van der Waals surface area contributed by atoms with Gasteiger partial charge in [0, 0.05) is 19.6 Å². The van der Waals surface area contributed by atoms with Gasteiger partial charge in [-0.15, -0.1) is 0 Å². The molecule has 5 heteroatoms. The maximum Gasteiger partial charge on any atom is 0.251 e. The molecule has 5 nitrogen and oxygen atoms in total. The molecule has 3 atom stereocenters. The monoisotopic (exact) mass is 306 g/mol. The average Bonchev–Trinajstić information content (AvgIpc) is 3.03. The molecule has 1 saturated heterocycles. The van der Waals surface area contributed by atoms with Crippen LogP contribution in [-0.4, -0.2) is 49.8 Å². The van der Waals surface area contributed by atoms with Crippen LogP contribution in [0.4, 0.5) is 0 Å². The van der Waals surface area contributed by atoms with Crippen molar-refractivity contribution in [3.63, 3.8) is 0 Å². The van der Waals surface area contributed by atoms with E-state index in [1.165, 1.54) is 0 Å². The lowest BCUT2D eigenvalue weighted by atomic mass is 10.0. The van der Waals surface area contributed by atoms with Gasteiger partial charge in [-0.3, -0.25) is 4.79 Å². The Bertz CT molecular complexity index is 506. The number of para-hydroxylation sites is 1. The molecule has 0 spiro atoms. The predicted molar refractivity (Wildman–Crippen MR) is 85.9 cm³/mol. The van der Waals surface area contributed by atoms with E-state index < -0.39 is 0 Å². The highest BCUT2D eigenvalue weighted by molar-refractivity contribution is 5.81. The van der Waals surface area contributed by atoms with Crippen molar-refractivity contribution in [1.82, 2.24) is 4.90 Å². The van der Waals surface area contributed by atoms with Gasteiger partial charge >= 0.3 is 0 Å². The number of benzene rings is 1. The van der Waals surface area contributed by atoms with Crippen LogP contribution in [0, 0.1) is 0 Å². The van der Waals surface area contributed by atoms with E-state index in [1.54, 1.807) is 12.0 Å². The van der Waals surface area contributed by atoms with Crippen LogP contribution >= 0.6 is 0 Å². The molecule has 1 aliphatic heterocycles. The average molecular weight is 306 g/mol. The van der Waals surface area contributed by atoms with E-state index in [0.717, 1.165) is 30.6 Å². The molecule has 2 N–H and O–H groups in total. The second-order valence-corrected chi connectivity index (χ2v) is 5.87. The van der Waals surface area contributed by atoms with Crippen molar-refractivity contribution in [2.24, 2.45) is 5.73 Å². The Labute approximate surface area is 132 Å². The molecule has 1 aliphatic rings. The summed E-state index contributed by atoms with van der Waals surface area (Å²) in [4.78, 5) is 14.3. The highest BCUT2D eigenvalue weighted by atomic mass is 16.5. The molecule has 0 saturated carbocycles. The summed E-state index contributed by atoms with van der Waals surface area (Å²) in [6, 6.07) is 7.98. The molecular weight excluding hydrogens is 280 g/mol. The van der Waals surface area contributed by atoms with E-state index in [9.17, 15) is 4.79 Å². The van der Waals surface area contributed by atoms with Crippen molar-refractivity contribution < 1.29 is 14.3 Å². The van der Waals surface area contributed by atoms with Crippen molar-refractivity contribution >= 4 is 5.91 Å². The summed E-state index contributed by atoms with van der Waals surface area (Å²) >= 11 is 0. The standard InChI is InChI=1S/C17H26N2O3/c1-12(10-13-6-4-5-7-15(13)21-3)19(2)17(20)16-9-8-14(11-18)22-16/h4-7,12,14,16H,8-11,18H2,1-3H3/t12?,14-,16+/m1/s1. The summed E-state index contributed by atoms with van der Waals surface area (Å²) in [6.07, 6.45) is 2.04. The predicted octanol–water partition coefficient (Wildman–Crippen LogP) is 1.59. The van der Waals surface area contributed by atoms with E-state index >= 15 is 0 Å². The second-order valence-electron chi connectivity index (χ2n) is 5.87. The number of ether oxygens (including phenoxy) is 2. The molecule has 1 amide bonds. The van der Waals surface area contributed by atoms with E-state index in [0.29, 0.717) is 6.54 Å². The van der Waals surface area contributed by atoms with Crippen LogP contribution in [-0.2, 0) is 16.0 Å². The Morgan fingerprint density at radius 3 is 2.82 bits per heavy atom. The summed E-state index contributed by atoms with van der Waals surface area (Å²) < 4.78 is 11.1. The molecule has 0 aliphatic carbocycles. The summed E-state index contributed by atoms with van der Waals surface area (Å²) in [5, 5.41) is 0. The van der Waals surface area contributed by atoms with Crippen LogP contribution in [0.2, 0.25) is 0 Å². The minimum Gasteiger partial charge on any atom is -0.496 e. The maximum atomic E-state index is 12.5. The molecular formula is C17H26N2O3. The number of rotatable bonds is 6. The first kappa shape index (κ1) is 16.8. The van der Waals surface area contributed by atoms with Crippen molar-refractivity contribution in [3.8, 4) is 5.75 Å². The van der Waals surface area contributed by atoms with Crippen molar-refractivity contribution in [2.45, 2.75) is 44.4 Å². The van der Waals surface area contributed by atoms with Gasteiger partial charge in [-0.05, 0) is 37.8 Å². The summed E-state index contributed by atoms with van der Waals surface area (Å²) in [6.45, 7) is 2.52. The van der Waals surface area contributed by atoms with Gasteiger partial charge in [0.15, 0.2) is 0 Å². The van der Waals surface area contributed by atoms with Crippen LogP contribution in [0.1, 0.15) is 25.3 Å². The van der Waals surface area contributed by atoms with Gasteiger partial charge < -0.3 is 20.1 Å². The summed E-state index contributed by atoms with van der Waals surface area (Å²) in [5.41, 5.74) is 6.70. The lowest BCUT2D eigenvalue weighted by Crippen LogP contribution is -2.43. The molecule has 2 rings (SSSR count). The minimum atomic E-state index is -0.348. The zero-order valence-corrected chi connectivity index (χ0v) is 13.6. The first-order chi connectivity index (χ1) is 10.6. The van der Waals surface area contributed by atoms with Crippen molar-refractivity contribution in [3.05, 3.63) is 29.8 Å². The highest BCUT2D eigenvalue weighted by Crippen LogP contribution is 2.23. The van der Waals surface area contributed by atoms with E-state index in [2.05, 4.69) is 0 Å². The Balaban J connectivity index is 1.97. The highest BCUT2D eigenvalue weighted by Gasteiger charge is 2.33. The molecule has 0 radical (unpaired) electrons. The first-order valence-electron chi connectivity index (χ1n) is 7.81. The Hall–Kier alpha value is -1.59. The van der Waals surface area contributed by atoms with Gasteiger partial charge in [-0.2, -0.15) is 0 Å². The van der Waals surface area contributed by atoms with Gasteiger partial charge in [-0.1, -0.05) is 18.2 Å². The molecule has 1 heterocycles. The number of carbonyl (C=O) groups excluding carboxylic acids is 1. The van der Waals surface area contributed by atoms with Crippen LogP contribution in [0.15, 0.2) is 24.3 Å². The van der Waals surface area contributed by atoms with Crippen LogP contribution in [0.3, 0.4) is 0 Å². The number of methoxy groups -OCH3 is 1. The molecule has 1 aromatic rings. The number of carbonyl (C=O) groups is 1. The van der Waals surface area contributed by atoms with Crippen molar-refractivity contribution in [1.29, 1.82) is 0 Å². The Morgan fingerprint density at radius 2 is 2.18 bits per heavy atom. The number of likely N-dealkylation sites (N-methyl/N-ethyl adjacent to an activating group) is 1. The van der Waals surface area contributed by atoms with Gasteiger partial charge in [0.2, 0.25) is 0 Å². The molecule has 0 bridgehead atoms. The molecule has 1 aromatic carbocycles. The quantitative estimate of drug-likeness (QED) is 0.867. The van der Waals surface area contributed by atoms with Crippen molar-refractivity contribution in [2.75, 3.05) is 20.7 Å². The third kappa shape index (κ3) is 3.78. The van der Waals surface area contributed by atoms with Crippen LogP contribution in [0.25, 0.3) is 0 Å². The molecule has 0 aromatic heterocycles. The summed E-state index contributed by atoms with van der Waals surface area (Å²) in [7, 11) is 3.50. The molecule has 1 unspecified atom stereocenters. The third-order valence-electron chi connectivity index (χ3n) is 4.36. The Kier molecular flexibility index (Phi) is 5.80. The Morgan fingerprint density at radius 1 is 1.45 bits per heavy atom. The zero-order valence-electron chi connectivity index (χ0n) is 13.6. The smallest absolute Gasteiger partial charge is 0.251 e. The molecule has 22 heavy (non-hydrogen) atoms. The maximum absolute atomic E-state index is 12.5. The molecule has 122 valence electrons. The van der Waals surface area contributed by atoms with Gasteiger partial charge in [0.1, 0.15) is 11.9 Å². The van der Waals surface area contributed by atoms with Gasteiger partial charge in [0.25, 0.3) is 5.91 Å². The third-order valence-corrected chi connectivity index (χ3v) is 4.36. The second kappa shape index (κ2) is 7.61. The fourth-order valence-electron chi connectivity index (χ4n) is 2.83. The fraction of sp³-hybridized carbons (Fsp3) is 0.588. The number of hydrogen-bond acceptors (Lipinski definition) is 4. The molecule has 1 fully saturated rings. The van der Waals surface area contributed by atoms with Gasteiger partial charge in [0.05, 0.1) is 13.2 Å². The van der Waals surface area contributed by atoms with Crippen LogP contribution < -0.4 is 10.5 Å². The largest absolute Gasteiger partial charge is 0.496 e. The zero-order chi connectivity index (χ0) is 16.1. The van der Waals surface area contributed by atoms with E-state index in [-0.39, 0.29) is 24.2 Å². The number of nitrogens with two attached hydrogens (primary N) is 1. The SMILES string of the molecule is COc1ccccc1CC(C)N(C)C(=O)[C@@H]1CC[C@H](CN)O1. The number of amides is 1. The number of nitrogens with zero attached hydrogens (tertiary/aromatic N) is 1. The van der Waals surface area contributed by atoms with Crippen LogP contribution in [0.5, 0.6) is 5.75 Å². The lowest BCUT2D eigenvalue weighted by Gasteiger charge is -2.28. The van der Waals surface area contributed by atoms with E-state index in [1.807, 2.05) is 38.2 Å². The van der Waals surface area contributed by atoms with E-state index in [4.69, 9.17) is 15.2 Å². The van der Waals surface area contributed by atoms with Gasteiger partial charge in [-0.25, -0.2) is 0 Å². The summed E-state index contributed by atoms with van der Waals surface area (Å²) in [5.74, 6) is 0.897. The lowest BCUT2D eigenvalue weighted by molar-refractivity contribution is -0.143.